The van der Waals surface area contributed by atoms with Crippen LogP contribution in [0.5, 0.6) is 11.5 Å². The number of aliphatic hydroxyl groups is 1. The van der Waals surface area contributed by atoms with Crippen molar-refractivity contribution >= 4 is 11.8 Å². The Labute approximate surface area is 171 Å². The van der Waals surface area contributed by atoms with Crippen LogP contribution in [0.15, 0.2) is 47.4 Å². The van der Waals surface area contributed by atoms with E-state index in [1.54, 1.807) is 18.9 Å². The summed E-state index contributed by atoms with van der Waals surface area (Å²) < 4.78 is 11.2. The highest BCUT2D eigenvalue weighted by Crippen LogP contribution is 2.49. The molecular formula is C23H29NO3S. The first-order chi connectivity index (χ1) is 13.5. The fourth-order valence-corrected chi connectivity index (χ4v) is 5.46. The number of aliphatic hydroxyl groups excluding tert-OH is 1. The lowest BCUT2D eigenvalue weighted by molar-refractivity contribution is 0.0596. The fraction of sp³-hybridized carbons (Fsp3) is 0.478. The number of rotatable bonds is 6. The molecule has 2 aliphatic heterocycles. The van der Waals surface area contributed by atoms with Crippen molar-refractivity contribution < 1.29 is 14.6 Å². The first-order valence-electron chi connectivity index (χ1n) is 10.0. The lowest BCUT2D eigenvalue weighted by Gasteiger charge is -2.28. The Bertz CT molecular complexity index is 821. The topological polar surface area (TPSA) is 41.9 Å². The van der Waals surface area contributed by atoms with Gasteiger partial charge in [0.2, 0.25) is 0 Å². The summed E-state index contributed by atoms with van der Waals surface area (Å²) >= 11 is 1.77. The number of thioether (sulfide) groups is 1. The van der Waals surface area contributed by atoms with E-state index in [9.17, 15) is 5.11 Å². The van der Waals surface area contributed by atoms with Gasteiger partial charge in [0, 0.05) is 12.1 Å². The smallest absolute Gasteiger partial charge is 0.153 e. The molecule has 0 aromatic heterocycles. The second-order valence-electron chi connectivity index (χ2n) is 8.10. The Hall–Kier alpha value is -1.69. The maximum atomic E-state index is 10.1. The minimum Gasteiger partial charge on any atom is -0.497 e. The summed E-state index contributed by atoms with van der Waals surface area (Å²) in [6.45, 7) is 4.30. The van der Waals surface area contributed by atoms with E-state index < -0.39 is 0 Å². The summed E-state index contributed by atoms with van der Waals surface area (Å²) in [4.78, 5) is 3.27. The number of likely N-dealkylation sites (tertiary alicyclic amines) is 1. The van der Waals surface area contributed by atoms with E-state index in [4.69, 9.17) is 9.47 Å². The molecule has 0 spiro atoms. The number of nitrogens with zero attached hydrogens (tertiary/aromatic N) is 1. The zero-order valence-electron chi connectivity index (χ0n) is 16.9. The predicted molar refractivity (Wildman–Crippen MR) is 113 cm³/mol. The van der Waals surface area contributed by atoms with E-state index in [2.05, 4.69) is 49.1 Å². The molecule has 5 heteroatoms. The second kappa shape index (κ2) is 7.97. The van der Waals surface area contributed by atoms with Crippen LogP contribution in [0.25, 0.3) is 0 Å². The third-order valence-corrected chi connectivity index (χ3v) is 6.91. The highest BCUT2D eigenvalue weighted by molar-refractivity contribution is 8.00. The maximum absolute atomic E-state index is 10.1. The van der Waals surface area contributed by atoms with Gasteiger partial charge in [-0.15, -0.1) is 0 Å². The quantitative estimate of drug-likeness (QED) is 0.740. The van der Waals surface area contributed by atoms with Crippen LogP contribution in [-0.4, -0.2) is 34.8 Å². The number of aryl methyl sites for hydroxylation is 1. The van der Waals surface area contributed by atoms with E-state index in [0.717, 1.165) is 37.2 Å². The van der Waals surface area contributed by atoms with Crippen molar-refractivity contribution in [1.29, 1.82) is 0 Å². The standard InChI is InChI=1S/C23H29NO3S/c1-23(2)27-21-13-7-17(14-22(21)28-23)20-12-9-18(24(20)15-25)8-4-16-5-10-19(26-3)11-6-16/h5-7,10-11,13-14,18,20,25H,4,8-9,12,15H2,1-3H3. The van der Waals surface area contributed by atoms with Crippen LogP contribution in [0.3, 0.4) is 0 Å². The summed E-state index contributed by atoms with van der Waals surface area (Å²) in [6, 6.07) is 15.5. The monoisotopic (exact) mass is 399 g/mol. The third-order valence-electron chi connectivity index (χ3n) is 5.80. The van der Waals surface area contributed by atoms with E-state index >= 15 is 0 Å². The van der Waals surface area contributed by atoms with Crippen LogP contribution in [0.2, 0.25) is 0 Å². The van der Waals surface area contributed by atoms with Crippen molar-refractivity contribution in [1.82, 2.24) is 4.90 Å². The van der Waals surface area contributed by atoms with Crippen molar-refractivity contribution in [3.05, 3.63) is 53.6 Å². The van der Waals surface area contributed by atoms with Gasteiger partial charge in [-0.2, -0.15) is 0 Å². The summed E-state index contributed by atoms with van der Waals surface area (Å²) in [5.74, 6) is 1.87. The zero-order valence-corrected chi connectivity index (χ0v) is 17.7. The minimum absolute atomic E-state index is 0.101. The molecule has 2 aromatic carbocycles. The maximum Gasteiger partial charge on any atom is 0.153 e. The van der Waals surface area contributed by atoms with E-state index in [1.165, 1.54) is 16.0 Å². The van der Waals surface area contributed by atoms with Gasteiger partial charge < -0.3 is 14.6 Å². The molecule has 0 saturated carbocycles. The van der Waals surface area contributed by atoms with Gasteiger partial charge >= 0.3 is 0 Å². The molecule has 2 unspecified atom stereocenters. The summed E-state index contributed by atoms with van der Waals surface area (Å²) in [6.07, 6.45) is 4.27. The molecule has 0 aliphatic carbocycles. The Morgan fingerprint density at radius 3 is 2.68 bits per heavy atom. The van der Waals surface area contributed by atoms with Crippen molar-refractivity contribution in [2.24, 2.45) is 0 Å². The molecule has 1 N–H and O–H groups in total. The molecule has 1 fully saturated rings. The molecule has 4 rings (SSSR count). The molecule has 1 saturated heterocycles. The molecule has 150 valence electrons. The largest absolute Gasteiger partial charge is 0.497 e. The molecule has 2 heterocycles. The number of fused-ring (bicyclic) bond motifs is 1. The Morgan fingerprint density at radius 2 is 1.96 bits per heavy atom. The minimum atomic E-state index is -0.200. The first-order valence-corrected chi connectivity index (χ1v) is 10.8. The number of hydrogen-bond acceptors (Lipinski definition) is 5. The van der Waals surface area contributed by atoms with Gasteiger partial charge in [-0.3, -0.25) is 4.90 Å². The normalized spacial score (nSPS) is 23.4. The molecule has 0 amide bonds. The van der Waals surface area contributed by atoms with Crippen LogP contribution >= 0.6 is 11.8 Å². The summed E-state index contributed by atoms with van der Waals surface area (Å²) in [5, 5.41) is 10.1. The average molecular weight is 400 g/mol. The first kappa shape index (κ1) is 19.6. The Morgan fingerprint density at radius 1 is 1.18 bits per heavy atom. The molecule has 0 bridgehead atoms. The van der Waals surface area contributed by atoms with E-state index in [0.29, 0.717) is 6.04 Å². The van der Waals surface area contributed by atoms with Crippen LogP contribution < -0.4 is 9.47 Å². The van der Waals surface area contributed by atoms with Gasteiger partial charge in [-0.05, 0) is 74.9 Å². The fourth-order valence-electron chi connectivity index (χ4n) is 4.39. The molecular weight excluding hydrogens is 370 g/mol. The van der Waals surface area contributed by atoms with Gasteiger partial charge in [0.1, 0.15) is 11.5 Å². The highest BCUT2D eigenvalue weighted by Gasteiger charge is 2.36. The van der Waals surface area contributed by atoms with E-state index in [1.807, 2.05) is 12.1 Å². The molecule has 0 radical (unpaired) electrons. The molecule has 28 heavy (non-hydrogen) atoms. The van der Waals surface area contributed by atoms with Gasteiger partial charge in [0.15, 0.2) is 4.93 Å². The summed E-state index contributed by atoms with van der Waals surface area (Å²) in [5.41, 5.74) is 2.60. The van der Waals surface area contributed by atoms with Gasteiger partial charge in [0.25, 0.3) is 0 Å². The number of methoxy groups -OCH3 is 1. The van der Waals surface area contributed by atoms with Crippen molar-refractivity contribution in [3.8, 4) is 11.5 Å². The Kier molecular flexibility index (Phi) is 5.59. The van der Waals surface area contributed by atoms with Crippen LogP contribution in [-0.2, 0) is 6.42 Å². The molecule has 2 aliphatic rings. The second-order valence-corrected chi connectivity index (χ2v) is 9.73. The zero-order chi connectivity index (χ0) is 19.7. The molecule has 4 nitrogen and oxygen atoms in total. The van der Waals surface area contributed by atoms with E-state index in [-0.39, 0.29) is 17.7 Å². The molecule has 2 aromatic rings. The Balaban J connectivity index is 1.43. The lowest BCUT2D eigenvalue weighted by atomic mass is 10.0. The van der Waals surface area contributed by atoms with Crippen molar-refractivity contribution in [2.75, 3.05) is 13.8 Å². The van der Waals surface area contributed by atoms with Gasteiger partial charge in [-0.1, -0.05) is 30.0 Å². The predicted octanol–water partition coefficient (Wildman–Crippen LogP) is 5.00. The third kappa shape index (κ3) is 4.02. The SMILES string of the molecule is COc1ccc(CCC2CCC(c3ccc4c(c3)SC(C)(C)O4)N2CO)cc1. The number of ether oxygens (including phenoxy) is 2. The van der Waals surface area contributed by atoms with Gasteiger partial charge in [0.05, 0.1) is 18.7 Å². The number of benzene rings is 2. The van der Waals surface area contributed by atoms with Crippen LogP contribution in [0.4, 0.5) is 0 Å². The average Bonchev–Trinajstić information content (AvgIpc) is 3.24. The van der Waals surface area contributed by atoms with Crippen LogP contribution in [0.1, 0.15) is 50.3 Å². The molecule has 2 atom stereocenters. The van der Waals surface area contributed by atoms with Crippen molar-refractivity contribution in [3.63, 3.8) is 0 Å². The highest BCUT2D eigenvalue weighted by atomic mass is 32.2. The van der Waals surface area contributed by atoms with Crippen LogP contribution in [0, 0.1) is 0 Å². The lowest BCUT2D eigenvalue weighted by Crippen LogP contribution is -2.32. The van der Waals surface area contributed by atoms with Crippen molar-refractivity contribution in [2.45, 2.75) is 61.4 Å². The van der Waals surface area contributed by atoms with Gasteiger partial charge in [-0.25, -0.2) is 0 Å². The summed E-state index contributed by atoms with van der Waals surface area (Å²) in [7, 11) is 1.69. The number of hydrogen-bond donors (Lipinski definition) is 1.